The number of benzene rings is 2. The number of hydrogen-bond acceptors (Lipinski definition) is 3. The van der Waals surface area contributed by atoms with Gasteiger partial charge < -0.3 is 9.30 Å². The predicted molar refractivity (Wildman–Crippen MR) is 123 cm³/mol. The Balaban J connectivity index is 1.41. The van der Waals surface area contributed by atoms with Crippen LogP contribution in [0.1, 0.15) is 63.9 Å². The van der Waals surface area contributed by atoms with Crippen LogP contribution in [0.5, 0.6) is 5.75 Å². The molecule has 0 unspecified atom stereocenters. The zero-order valence-electron chi connectivity index (χ0n) is 17.8. The minimum atomic E-state index is 0.709. The maximum atomic E-state index is 5.87. The van der Waals surface area contributed by atoms with Gasteiger partial charge in [0.05, 0.1) is 17.6 Å². The molecule has 0 amide bonds. The first-order valence-corrected chi connectivity index (χ1v) is 11.0. The molecule has 2 aromatic carbocycles. The van der Waals surface area contributed by atoms with E-state index >= 15 is 0 Å². The van der Waals surface area contributed by atoms with E-state index in [4.69, 9.17) is 4.74 Å². The number of aromatic nitrogens is 2. The molecule has 0 bridgehead atoms. The van der Waals surface area contributed by atoms with Gasteiger partial charge in [0, 0.05) is 13.3 Å². The monoisotopic (exact) mass is 391 g/mol. The predicted octanol–water partition coefficient (Wildman–Crippen LogP) is 6.84. The van der Waals surface area contributed by atoms with E-state index < -0.39 is 0 Å². The minimum absolute atomic E-state index is 0.709. The first-order valence-electron chi connectivity index (χ1n) is 11.0. The fraction of sp³-hybridized carbons (Fsp3) is 0.440. The lowest BCUT2D eigenvalue weighted by Gasteiger charge is -2.06. The first kappa shape index (κ1) is 21.1. The second-order valence-electron chi connectivity index (χ2n) is 7.61. The number of imidazole rings is 1. The van der Waals surface area contributed by atoms with Crippen LogP contribution in [-0.4, -0.2) is 22.4 Å². The van der Waals surface area contributed by atoms with Gasteiger partial charge >= 0.3 is 0 Å². The minimum Gasteiger partial charge on any atom is -0.494 e. The Bertz CT molecular complexity index is 896. The normalized spacial score (nSPS) is 11.5. The Kier molecular flexibility index (Phi) is 8.29. The number of para-hydroxylation sites is 2. The zero-order valence-corrected chi connectivity index (χ0v) is 17.8. The van der Waals surface area contributed by atoms with Crippen LogP contribution in [0.3, 0.4) is 0 Å². The van der Waals surface area contributed by atoms with Crippen molar-refractivity contribution < 1.29 is 4.74 Å². The summed E-state index contributed by atoms with van der Waals surface area (Å²) in [5.74, 6) is 1.63. The molecule has 1 heterocycles. The molecule has 0 atom stereocenters. The van der Waals surface area contributed by atoms with E-state index in [1.54, 1.807) is 0 Å². The molecule has 0 spiro atoms. The standard InChI is InChI=1S/C25H33N3O/c1-3-4-5-6-7-8-9-12-19-29-22-17-15-21(16-18-22)20-26-25-27-23-13-10-11-14-24(23)28(25)2/h10-11,13-18,20H,3-9,12,19H2,1-2H3. The summed E-state index contributed by atoms with van der Waals surface area (Å²) >= 11 is 0. The molecule has 0 N–H and O–H groups in total. The summed E-state index contributed by atoms with van der Waals surface area (Å²) in [4.78, 5) is 9.12. The second-order valence-corrected chi connectivity index (χ2v) is 7.61. The molecule has 3 aromatic rings. The maximum Gasteiger partial charge on any atom is 0.230 e. The lowest BCUT2D eigenvalue weighted by molar-refractivity contribution is 0.304. The Morgan fingerprint density at radius 3 is 2.31 bits per heavy atom. The Labute approximate surface area is 174 Å². The summed E-state index contributed by atoms with van der Waals surface area (Å²) in [6, 6.07) is 16.2. The largest absolute Gasteiger partial charge is 0.494 e. The summed E-state index contributed by atoms with van der Waals surface area (Å²) in [5.41, 5.74) is 3.09. The topological polar surface area (TPSA) is 39.4 Å². The van der Waals surface area contributed by atoms with Crippen molar-refractivity contribution in [1.29, 1.82) is 0 Å². The Morgan fingerprint density at radius 1 is 0.897 bits per heavy atom. The number of unbranched alkanes of at least 4 members (excludes halogenated alkanes) is 7. The summed E-state index contributed by atoms with van der Waals surface area (Å²) in [6.45, 7) is 3.06. The molecule has 0 aliphatic carbocycles. The van der Waals surface area contributed by atoms with E-state index in [1.807, 2.05) is 60.3 Å². The van der Waals surface area contributed by atoms with Gasteiger partial charge in [-0.15, -0.1) is 0 Å². The Hall–Kier alpha value is -2.62. The molecule has 0 radical (unpaired) electrons. The molecule has 4 nitrogen and oxygen atoms in total. The van der Waals surface area contributed by atoms with Crippen LogP contribution in [0.15, 0.2) is 53.5 Å². The van der Waals surface area contributed by atoms with Gasteiger partial charge in [0.2, 0.25) is 5.95 Å². The van der Waals surface area contributed by atoms with Crippen LogP contribution >= 0.6 is 0 Å². The number of ether oxygens (including phenoxy) is 1. The van der Waals surface area contributed by atoms with Crippen LogP contribution in [0.2, 0.25) is 0 Å². The van der Waals surface area contributed by atoms with Crippen LogP contribution in [0.4, 0.5) is 5.95 Å². The van der Waals surface area contributed by atoms with Crippen molar-refractivity contribution in [2.45, 2.75) is 58.3 Å². The maximum absolute atomic E-state index is 5.87. The average Bonchev–Trinajstić information content (AvgIpc) is 3.08. The first-order chi connectivity index (χ1) is 14.3. The highest BCUT2D eigenvalue weighted by molar-refractivity contribution is 5.83. The summed E-state index contributed by atoms with van der Waals surface area (Å²) in [5, 5.41) is 0. The molecule has 3 rings (SSSR count). The number of hydrogen-bond donors (Lipinski definition) is 0. The fourth-order valence-corrected chi connectivity index (χ4v) is 3.46. The van der Waals surface area contributed by atoms with E-state index in [0.29, 0.717) is 5.95 Å². The molecular formula is C25H33N3O. The van der Waals surface area contributed by atoms with Crippen molar-refractivity contribution in [3.63, 3.8) is 0 Å². The number of aliphatic imine (C=N–C) groups is 1. The number of aryl methyl sites for hydroxylation is 1. The number of fused-ring (bicyclic) bond motifs is 1. The second kappa shape index (κ2) is 11.4. The van der Waals surface area contributed by atoms with E-state index in [1.165, 1.54) is 44.9 Å². The third-order valence-corrected chi connectivity index (χ3v) is 5.24. The number of rotatable bonds is 12. The molecule has 0 saturated heterocycles. The fourth-order valence-electron chi connectivity index (χ4n) is 3.46. The van der Waals surface area contributed by atoms with E-state index in [2.05, 4.69) is 23.0 Å². The third kappa shape index (κ3) is 6.45. The molecule has 154 valence electrons. The van der Waals surface area contributed by atoms with Crippen molar-refractivity contribution in [2.75, 3.05) is 6.61 Å². The molecule has 0 aliphatic heterocycles. The van der Waals surface area contributed by atoms with Gasteiger partial charge in [0.1, 0.15) is 5.75 Å². The summed E-state index contributed by atoms with van der Waals surface area (Å²) in [6.07, 6.45) is 12.4. The van der Waals surface area contributed by atoms with Gasteiger partial charge in [-0.1, -0.05) is 64.0 Å². The van der Waals surface area contributed by atoms with Gasteiger partial charge in [-0.25, -0.2) is 9.98 Å². The highest BCUT2D eigenvalue weighted by Crippen LogP contribution is 2.20. The van der Waals surface area contributed by atoms with Crippen LogP contribution in [-0.2, 0) is 7.05 Å². The molecular weight excluding hydrogens is 358 g/mol. The van der Waals surface area contributed by atoms with Crippen LogP contribution in [0, 0.1) is 0 Å². The highest BCUT2D eigenvalue weighted by atomic mass is 16.5. The van der Waals surface area contributed by atoms with E-state index in [0.717, 1.165) is 35.4 Å². The molecule has 29 heavy (non-hydrogen) atoms. The molecule has 0 aliphatic rings. The van der Waals surface area contributed by atoms with Crippen LogP contribution < -0.4 is 4.74 Å². The molecule has 4 heteroatoms. The summed E-state index contributed by atoms with van der Waals surface area (Å²) < 4.78 is 7.87. The molecule has 1 aromatic heterocycles. The van der Waals surface area contributed by atoms with Gasteiger partial charge in [-0.05, 0) is 48.4 Å². The Morgan fingerprint density at radius 2 is 1.59 bits per heavy atom. The van der Waals surface area contributed by atoms with Gasteiger partial charge in [-0.3, -0.25) is 0 Å². The van der Waals surface area contributed by atoms with Crippen molar-refractivity contribution in [3.05, 3.63) is 54.1 Å². The lowest BCUT2D eigenvalue weighted by atomic mass is 10.1. The highest BCUT2D eigenvalue weighted by Gasteiger charge is 2.04. The molecule has 0 fully saturated rings. The number of nitrogens with zero attached hydrogens (tertiary/aromatic N) is 3. The van der Waals surface area contributed by atoms with Gasteiger partial charge in [0.25, 0.3) is 0 Å². The van der Waals surface area contributed by atoms with E-state index in [9.17, 15) is 0 Å². The third-order valence-electron chi connectivity index (χ3n) is 5.24. The van der Waals surface area contributed by atoms with Gasteiger partial charge in [-0.2, -0.15) is 0 Å². The van der Waals surface area contributed by atoms with Crippen molar-refractivity contribution in [3.8, 4) is 5.75 Å². The zero-order chi connectivity index (χ0) is 20.3. The lowest BCUT2D eigenvalue weighted by Crippen LogP contribution is -1.97. The van der Waals surface area contributed by atoms with Crippen LogP contribution in [0.25, 0.3) is 11.0 Å². The molecule has 0 saturated carbocycles. The van der Waals surface area contributed by atoms with Crippen molar-refractivity contribution in [2.24, 2.45) is 12.0 Å². The van der Waals surface area contributed by atoms with Gasteiger partial charge in [0.15, 0.2) is 0 Å². The average molecular weight is 392 g/mol. The van der Waals surface area contributed by atoms with E-state index in [-0.39, 0.29) is 0 Å². The van der Waals surface area contributed by atoms with Crippen molar-refractivity contribution >= 4 is 23.2 Å². The smallest absolute Gasteiger partial charge is 0.230 e. The summed E-state index contributed by atoms with van der Waals surface area (Å²) in [7, 11) is 1.99. The quantitative estimate of drug-likeness (QED) is 0.250. The van der Waals surface area contributed by atoms with Crippen molar-refractivity contribution in [1.82, 2.24) is 9.55 Å². The SMILES string of the molecule is CCCCCCCCCCOc1ccc(C=Nc2nc3ccccc3n2C)cc1.